The van der Waals surface area contributed by atoms with Gasteiger partial charge in [-0.3, -0.25) is 4.79 Å². The zero-order valence-corrected chi connectivity index (χ0v) is 11.7. The molecule has 2 rings (SSSR count). The Hall–Kier alpha value is -1.49. The lowest BCUT2D eigenvalue weighted by Crippen LogP contribution is -2.55. The lowest BCUT2D eigenvalue weighted by molar-refractivity contribution is -0.125. The number of nitrogens with two attached hydrogens (primary N) is 1. The van der Waals surface area contributed by atoms with Crippen molar-refractivity contribution < 1.29 is 13.6 Å². The molecule has 0 spiro atoms. The molecular weight excluding hydrogens is 262 g/mol. The van der Waals surface area contributed by atoms with Gasteiger partial charge >= 0.3 is 0 Å². The molecule has 1 aliphatic rings. The van der Waals surface area contributed by atoms with E-state index < -0.39 is 11.6 Å². The second-order valence-electron chi connectivity index (χ2n) is 5.80. The van der Waals surface area contributed by atoms with Crippen LogP contribution in [-0.4, -0.2) is 18.0 Å². The van der Waals surface area contributed by atoms with Crippen LogP contribution >= 0.6 is 0 Å². The summed E-state index contributed by atoms with van der Waals surface area (Å²) in [5.41, 5.74) is 6.01. The number of primary amides is 1. The van der Waals surface area contributed by atoms with E-state index in [-0.39, 0.29) is 29.8 Å². The Bertz CT molecular complexity index is 486. The predicted molar refractivity (Wildman–Crippen MR) is 72.9 cm³/mol. The Kier molecular flexibility index (Phi) is 4.38. The van der Waals surface area contributed by atoms with E-state index in [9.17, 15) is 13.6 Å². The van der Waals surface area contributed by atoms with Crippen molar-refractivity contribution >= 4 is 5.91 Å². The molecule has 1 heterocycles. The number of carbonyl (C=O) groups excluding carboxylic acids is 1. The Balaban J connectivity index is 2.21. The van der Waals surface area contributed by atoms with Crippen molar-refractivity contribution in [3.05, 3.63) is 35.4 Å². The van der Waals surface area contributed by atoms with Gasteiger partial charge in [-0.25, -0.2) is 8.78 Å². The molecule has 3 N–H and O–H groups in total. The monoisotopic (exact) mass is 282 g/mol. The normalized spacial score (nSPS) is 30.2. The maximum Gasteiger partial charge on any atom is 0.222 e. The summed E-state index contributed by atoms with van der Waals surface area (Å²) in [6.07, 6.45) is 1.25. The van der Waals surface area contributed by atoms with Gasteiger partial charge < -0.3 is 11.1 Å². The van der Waals surface area contributed by atoms with Crippen LogP contribution in [0.4, 0.5) is 8.78 Å². The SMILES string of the molecule is CC1CC(C)C(C(N)=O)C(Cc2cc(F)cc(F)c2)N1. The van der Waals surface area contributed by atoms with Crippen LogP contribution in [0.25, 0.3) is 0 Å². The molecule has 1 fully saturated rings. The minimum absolute atomic E-state index is 0.159. The zero-order chi connectivity index (χ0) is 14.9. The molecule has 0 saturated carbocycles. The van der Waals surface area contributed by atoms with Gasteiger partial charge in [0.2, 0.25) is 5.91 Å². The van der Waals surface area contributed by atoms with Gasteiger partial charge in [0, 0.05) is 18.2 Å². The molecule has 0 aromatic heterocycles. The second kappa shape index (κ2) is 5.87. The minimum Gasteiger partial charge on any atom is -0.369 e. The van der Waals surface area contributed by atoms with E-state index >= 15 is 0 Å². The number of benzene rings is 1. The van der Waals surface area contributed by atoms with Crippen LogP contribution in [0, 0.1) is 23.5 Å². The highest BCUT2D eigenvalue weighted by atomic mass is 19.1. The van der Waals surface area contributed by atoms with Crippen molar-refractivity contribution in [2.24, 2.45) is 17.6 Å². The Labute approximate surface area is 117 Å². The molecule has 4 atom stereocenters. The molecule has 3 nitrogen and oxygen atoms in total. The minimum atomic E-state index is -0.604. The standard InChI is InChI=1S/C15H20F2N2O/c1-8-3-9(2)19-13(14(8)15(18)20)6-10-4-11(16)7-12(17)5-10/h4-5,7-9,13-14,19H,3,6H2,1-2H3,(H2,18,20). The van der Waals surface area contributed by atoms with E-state index in [0.717, 1.165) is 12.5 Å². The molecule has 5 heteroatoms. The summed E-state index contributed by atoms with van der Waals surface area (Å²) in [6, 6.07) is 3.50. The number of hydrogen-bond acceptors (Lipinski definition) is 2. The average Bonchev–Trinajstić information content (AvgIpc) is 2.25. The Morgan fingerprint density at radius 1 is 1.30 bits per heavy atom. The molecule has 1 aromatic carbocycles. The van der Waals surface area contributed by atoms with Gasteiger partial charge in [-0.1, -0.05) is 6.92 Å². The number of rotatable bonds is 3. The van der Waals surface area contributed by atoms with Crippen LogP contribution in [-0.2, 0) is 11.2 Å². The van der Waals surface area contributed by atoms with Gasteiger partial charge in [0.25, 0.3) is 0 Å². The molecule has 0 bridgehead atoms. The topological polar surface area (TPSA) is 55.1 Å². The fourth-order valence-corrected chi connectivity index (χ4v) is 3.29. The number of piperidine rings is 1. The number of halogens is 2. The van der Waals surface area contributed by atoms with E-state index in [2.05, 4.69) is 5.32 Å². The quantitative estimate of drug-likeness (QED) is 0.891. The highest BCUT2D eigenvalue weighted by Crippen LogP contribution is 2.28. The Morgan fingerprint density at radius 2 is 1.90 bits per heavy atom. The first-order valence-electron chi connectivity index (χ1n) is 6.87. The summed E-state index contributed by atoms with van der Waals surface area (Å²) < 4.78 is 26.5. The number of nitrogens with one attached hydrogen (secondary N) is 1. The number of hydrogen-bond donors (Lipinski definition) is 2. The van der Waals surface area contributed by atoms with Crippen LogP contribution in [0.1, 0.15) is 25.8 Å². The van der Waals surface area contributed by atoms with Crippen molar-refractivity contribution in [1.29, 1.82) is 0 Å². The third kappa shape index (κ3) is 3.33. The van der Waals surface area contributed by atoms with Crippen LogP contribution in [0.5, 0.6) is 0 Å². The highest BCUT2D eigenvalue weighted by Gasteiger charge is 2.37. The van der Waals surface area contributed by atoms with Gasteiger partial charge in [0.1, 0.15) is 11.6 Å². The van der Waals surface area contributed by atoms with Crippen molar-refractivity contribution in [2.75, 3.05) is 0 Å². The molecule has 1 aliphatic heterocycles. The van der Waals surface area contributed by atoms with Gasteiger partial charge in [0.05, 0.1) is 5.92 Å². The van der Waals surface area contributed by atoms with Gasteiger partial charge in [0.15, 0.2) is 0 Å². The number of amides is 1. The summed E-state index contributed by atoms with van der Waals surface area (Å²) in [6.45, 7) is 4.03. The first-order chi connectivity index (χ1) is 9.36. The van der Waals surface area contributed by atoms with Crippen LogP contribution < -0.4 is 11.1 Å². The summed E-state index contributed by atoms with van der Waals surface area (Å²) in [5, 5.41) is 3.32. The fourth-order valence-electron chi connectivity index (χ4n) is 3.29. The summed E-state index contributed by atoms with van der Waals surface area (Å²) >= 11 is 0. The highest BCUT2D eigenvalue weighted by molar-refractivity contribution is 5.78. The summed E-state index contributed by atoms with van der Waals surface area (Å²) in [5.74, 6) is -1.73. The molecule has 0 aliphatic carbocycles. The number of carbonyl (C=O) groups is 1. The smallest absolute Gasteiger partial charge is 0.222 e. The third-order valence-corrected chi connectivity index (χ3v) is 3.98. The van der Waals surface area contributed by atoms with Crippen LogP contribution in [0.2, 0.25) is 0 Å². The van der Waals surface area contributed by atoms with E-state index in [1.807, 2.05) is 13.8 Å². The van der Waals surface area contributed by atoms with Crippen LogP contribution in [0.15, 0.2) is 18.2 Å². The third-order valence-electron chi connectivity index (χ3n) is 3.98. The van der Waals surface area contributed by atoms with Gasteiger partial charge in [-0.05, 0) is 43.4 Å². The molecule has 1 amide bonds. The lowest BCUT2D eigenvalue weighted by Gasteiger charge is -2.39. The maximum absolute atomic E-state index is 13.2. The summed E-state index contributed by atoms with van der Waals surface area (Å²) in [7, 11) is 0. The molecule has 110 valence electrons. The van der Waals surface area contributed by atoms with Crippen molar-refractivity contribution in [3.63, 3.8) is 0 Å². The van der Waals surface area contributed by atoms with E-state index in [1.165, 1.54) is 12.1 Å². The van der Waals surface area contributed by atoms with Crippen molar-refractivity contribution in [2.45, 2.75) is 38.8 Å². The first kappa shape index (κ1) is 14.9. The summed E-state index contributed by atoms with van der Waals surface area (Å²) in [4.78, 5) is 11.6. The predicted octanol–water partition coefficient (Wildman–Crippen LogP) is 2.00. The fraction of sp³-hybridized carbons (Fsp3) is 0.533. The van der Waals surface area contributed by atoms with Gasteiger partial charge in [-0.2, -0.15) is 0 Å². The lowest BCUT2D eigenvalue weighted by atomic mass is 9.77. The van der Waals surface area contributed by atoms with E-state index in [1.54, 1.807) is 0 Å². The molecule has 0 radical (unpaired) electrons. The second-order valence-corrected chi connectivity index (χ2v) is 5.80. The molecular formula is C15H20F2N2O. The van der Waals surface area contributed by atoms with Gasteiger partial charge in [-0.15, -0.1) is 0 Å². The average molecular weight is 282 g/mol. The van der Waals surface area contributed by atoms with Crippen LogP contribution in [0.3, 0.4) is 0 Å². The first-order valence-corrected chi connectivity index (χ1v) is 6.87. The molecule has 4 unspecified atom stereocenters. The molecule has 1 aromatic rings. The Morgan fingerprint density at radius 3 is 2.45 bits per heavy atom. The molecule has 20 heavy (non-hydrogen) atoms. The zero-order valence-electron chi connectivity index (χ0n) is 11.7. The maximum atomic E-state index is 13.2. The van der Waals surface area contributed by atoms with E-state index in [4.69, 9.17) is 5.73 Å². The molecule has 1 saturated heterocycles. The van der Waals surface area contributed by atoms with Crippen molar-refractivity contribution in [1.82, 2.24) is 5.32 Å². The van der Waals surface area contributed by atoms with E-state index in [0.29, 0.717) is 12.0 Å². The van der Waals surface area contributed by atoms with Crippen molar-refractivity contribution in [3.8, 4) is 0 Å². The largest absolute Gasteiger partial charge is 0.369 e.